The van der Waals surface area contributed by atoms with Gasteiger partial charge in [0.1, 0.15) is 0 Å². The highest BCUT2D eigenvalue weighted by atomic mass is 19.4. The number of aromatic nitrogens is 1. The first-order valence-electron chi connectivity index (χ1n) is 9.04. The van der Waals surface area contributed by atoms with Crippen molar-refractivity contribution in [3.05, 3.63) is 41.6 Å². The maximum Gasteiger partial charge on any atom is 0.490 e. The number of nitrogens with one attached hydrogen (secondary N) is 1. The van der Waals surface area contributed by atoms with Crippen LogP contribution in [0.25, 0.3) is 11.3 Å². The van der Waals surface area contributed by atoms with E-state index in [4.69, 9.17) is 14.4 Å². The Kier molecular flexibility index (Phi) is 9.69. The first-order valence-corrected chi connectivity index (χ1v) is 9.04. The van der Waals surface area contributed by atoms with Crippen LogP contribution in [0.15, 0.2) is 35.0 Å². The van der Waals surface area contributed by atoms with Crippen molar-refractivity contribution in [1.29, 1.82) is 0 Å². The highest BCUT2D eigenvalue weighted by Gasteiger charge is 2.38. The summed E-state index contributed by atoms with van der Waals surface area (Å²) in [6.07, 6.45) is -7.33. The fraction of sp³-hybridized carbons (Fsp3) is 0.421. The van der Waals surface area contributed by atoms with Gasteiger partial charge >= 0.3 is 18.3 Å². The molecule has 0 atom stereocenters. The SMILES string of the molecule is CN(C)CCNC(=O)CCc1cnoc1-c1ccc(C(F)(F)F)cc1.O=C(O)C(F)(F)F. The molecule has 0 spiro atoms. The Balaban J connectivity index is 0.000000633. The lowest BCUT2D eigenvalue weighted by atomic mass is 10.0. The molecule has 0 saturated carbocycles. The quantitative estimate of drug-likeness (QED) is 0.602. The number of rotatable bonds is 7. The Morgan fingerprint density at radius 1 is 1.09 bits per heavy atom. The van der Waals surface area contributed by atoms with Crippen molar-refractivity contribution in [2.24, 2.45) is 0 Å². The number of carbonyl (C=O) groups excluding carboxylic acids is 1. The second kappa shape index (κ2) is 11.5. The average Bonchev–Trinajstić information content (AvgIpc) is 3.14. The van der Waals surface area contributed by atoms with Gasteiger partial charge in [-0.05, 0) is 32.6 Å². The van der Waals surface area contributed by atoms with E-state index in [-0.39, 0.29) is 12.3 Å². The molecule has 0 aliphatic carbocycles. The van der Waals surface area contributed by atoms with Crippen LogP contribution in [0, 0.1) is 0 Å². The molecule has 2 N–H and O–H groups in total. The molecule has 2 aromatic rings. The van der Waals surface area contributed by atoms with Gasteiger partial charge in [0.25, 0.3) is 0 Å². The van der Waals surface area contributed by atoms with Crippen molar-refractivity contribution >= 4 is 11.9 Å². The van der Waals surface area contributed by atoms with Crippen LogP contribution in [-0.2, 0) is 22.2 Å². The molecule has 0 bridgehead atoms. The standard InChI is InChI=1S/C17H20F3N3O2.C2HF3O2/c1-23(2)10-9-21-15(24)8-5-13-11-22-25-16(13)12-3-6-14(7-4-12)17(18,19)20;3-2(4,5)1(6)7/h3-4,6-7,11H,5,8-10H2,1-2H3,(H,21,24);(H,6,7). The monoisotopic (exact) mass is 469 g/mol. The van der Waals surface area contributed by atoms with E-state index in [9.17, 15) is 31.1 Å². The molecule has 7 nitrogen and oxygen atoms in total. The van der Waals surface area contributed by atoms with Gasteiger partial charge in [0.15, 0.2) is 5.76 Å². The number of aryl methyl sites for hydroxylation is 1. The molecule has 0 aliphatic rings. The second-order valence-corrected chi connectivity index (χ2v) is 6.71. The normalized spacial score (nSPS) is 11.7. The van der Waals surface area contributed by atoms with Crippen molar-refractivity contribution in [3.8, 4) is 11.3 Å². The van der Waals surface area contributed by atoms with E-state index in [1.165, 1.54) is 18.3 Å². The molecular weight excluding hydrogens is 448 g/mol. The number of carbonyl (C=O) groups is 2. The van der Waals surface area contributed by atoms with Gasteiger partial charge in [-0.2, -0.15) is 26.3 Å². The largest absolute Gasteiger partial charge is 0.490 e. The maximum atomic E-state index is 12.6. The Morgan fingerprint density at radius 2 is 1.66 bits per heavy atom. The summed E-state index contributed by atoms with van der Waals surface area (Å²) in [5.41, 5.74) is 0.452. The first-order chi connectivity index (χ1) is 14.7. The van der Waals surface area contributed by atoms with E-state index in [1.54, 1.807) is 0 Å². The molecule has 1 aromatic carbocycles. The molecule has 0 fully saturated rings. The van der Waals surface area contributed by atoms with Crippen LogP contribution >= 0.6 is 0 Å². The smallest absolute Gasteiger partial charge is 0.475 e. The van der Waals surface area contributed by atoms with Gasteiger partial charge < -0.3 is 19.8 Å². The van der Waals surface area contributed by atoms with Gasteiger partial charge in [-0.15, -0.1) is 0 Å². The van der Waals surface area contributed by atoms with Crippen LogP contribution < -0.4 is 5.32 Å². The van der Waals surface area contributed by atoms with E-state index in [1.807, 2.05) is 19.0 Å². The van der Waals surface area contributed by atoms with E-state index in [0.29, 0.717) is 29.9 Å². The zero-order valence-corrected chi connectivity index (χ0v) is 17.0. The topological polar surface area (TPSA) is 95.7 Å². The van der Waals surface area contributed by atoms with Gasteiger partial charge in [-0.3, -0.25) is 4.79 Å². The third-order valence-electron chi connectivity index (χ3n) is 3.86. The van der Waals surface area contributed by atoms with Crippen molar-refractivity contribution in [1.82, 2.24) is 15.4 Å². The summed E-state index contributed by atoms with van der Waals surface area (Å²) >= 11 is 0. The predicted octanol–water partition coefficient (Wildman–Crippen LogP) is 3.60. The zero-order chi connectivity index (χ0) is 24.5. The minimum absolute atomic E-state index is 0.0959. The molecule has 0 unspecified atom stereocenters. The maximum absolute atomic E-state index is 12.6. The minimum Gasteiger partial charge on any atom is -0.475 e. The van der Waals surface area contributed by atoms with E-state index < -0.39 is 23.9 Å². The Bertz CT molecular complexity index is 876. The van der Waals surface area contributed by atoms with Crippen LogP contribution in [0.5, 0.6) is 0 Å². The number of amides is 1. The molecule has 1 aromatic heterocycles. The number of nitrogens with zero attached hydrogens (tertiary/aromatic N) is 2. The summed E-state index contributed by atoms with van der Waals surface area (Å²) in [5.74, 6) is -2.47. The van der Waals surface area contributed by atoms with Gasteiger partial charge in [0, 0.05) is 30.6 Å². The molecule has 13 heteroatoms. The Labute approximate surface area is 179 Å². The number of hydrogen-bond acceptors (Lipinski definition) is 5. The molecule has 0 saturated heterocycles. The molecule has 32 heavy (non-hydrogen) atoms. The van der Waals surface area contributed by atoms with Crippen LogP contribution in [0.2, 0.25) is 0 Å². The Hall–Kier alpha value is -3.09. The fourth-order valence-electron chi connectivity index (χ4n) is 2.24. The predicted molar refractivity (Wildman–Crippen MR) is 101 cm³/mol. The highest BCUT2D eigenvalue weighted by molar-refractivity contribution is 5.76. The van der Waals surface area contributed by atoms with Crippen molar-refractivity contribution < 1.29 is 45.6 Å². The lowest BCUT2D eigenvalue weighted by Gasteiger charge is -2.10. The van der Waals surface area contributed by atoms with Crippen LogP contribution in [0.4, 0.5) is 26.3 Å². The summed E-state index contributed by atoms with van der Waals surface area (Å²) in [7, 11) is 3.83. The summed E-state index contributed by atoms with van der Waals surface area (Å²) in [6.45, 7) is 1.30. The van der Waals surface area contributed by atoms with Crippen molar-refractivity contribution in [2.45, 2.75) is 25.2 Å². The van der Waals surface area contributed by atoms with E-state index in [0.717, 1.165) is 18.7 Å². The lowest BCUT2D eigenvalue weighted by Crippen LogP contribution is -2.31. The summed E-state index contributed by atoms with van der Waals surface area (Å²) in [6, 6.07) is 4.67. The number of likely N-dealkylation sites (N-methyl/N-ethyl adjacent to an activating group) is 1. The molecule has 0 aliphatic heterocycles. The van der Waals surface area contributed by atoms with Crippen LogP contribution in [-0.4, -0.2) is 60.4 Å². The third kappa shape index (κ3) is 9.37. The first kappa shape index (κ1) is 26.9. The number of hydrogen-bond donors (Lipinski definition) is 2. The molecular formula is C19H21F6N3O4. The summed E-state index contributed by atoms with van der Waals surface area (Å²) < 4.78 is 74.7. The Morgan fingerprint density at radius 3 is 2.12 bits per heavy atom. The zero-order valence-electron chi connectivity index (χ0n) is 17.0. The van der Waals surface area contributed by atoms with E-state index >= 15 is 0 Å². The minimum atomic E-state index is -5.08. The number of carboxylic acid groups (broad SMARTS) is 1. The number of halogens is 6. The molecule has 2 rings (SSSR count). The highest BCUT2D eigenvalue weighted by Crippen LogP contribution is 2.32. The van der Waals surface area contributed by atoms with Crippen molar-refractivity contribution in [3.63, 3.8) is 0 Å². The number of benzene rings is 1. The van der Waals surface area contributed by atoms with Crippen LogP contribution in [0.3, 0.4) is 0 Å². The number of carboxylic acids is 1. The average molecular weight is 469 g/mol. The molecule has 178 valence electrons. The summed E-state index contributed by atoms with van der Waals surface area (Å²) in [5, 5.41) is 13.6. The number of alkyl halides is 6. The van der Waals surface area contributed by atoms with Gasteiger partial charge in [0.2, 0.25) is 5.91 Å². The summed E-state index contributed by atoms with van der Waals surface area (Å²) in [4.78, 5) is 22.7. The molecule has 1 amide bonds. The number of aliphatic carboxylic acids is 1. The fourth-order valence-corrected chi connectivity index (χ4v) is 2.24. The second-order valence-electron chi connectivity index (χ2n) is 6.71. The van der Waals surface area contributed by atoms with Crippen LogP contribution in [0.1, 0.15) is 17.5 Å². The van der Waals surface area contributed by atoms with Gasteiger partial charge in [-0.25, -0.2) is 4.79 Å². The van der Waals surface area contributed by atoms with Gasteiger partial charge in [-0.1, -0.05) is 17.3 Å². The lowest BCUT2D eigenvalue weighted by molar-refractivity contribution is -0.192. The third-order valence-corrected chi connectivity index (χ3v) is 3.86. The molecule has 1 heterocycles. The van der Waals surface area contributed by atoms with Crippen molar-refractivity contribution in [2.75, 3.05) is 27.2 Å². The van der Waals surface area contributed by atoms with E-state index in [2.05, 4.69) is 10.5 Å². The van der Waals surface area contributed by atoms with Gasteiger partial charge in [0.05, 0.1) is 11.8 Å². The molecule has 0 radical (unpaired) electrons.